The zero-order chi connectivity index (χ0) is 21.1. The summed E-state index contributed by atoms with van der Waals surface area (Å²) in [5, 5.41) is 8.75. The Bertz CT molecular complexity index is 1090. The van der Waals surface area contributed by atoms with Crippen molar-refractivity contribution < 1.29 is 8.78 Å². The van der Waals surface area contributed by atoms with Crippen molar-refractivity contribution in [2.24, 2.45) is 4.99 Å². The van der Waals surface area contributed by atoms with Crippen LogP contribution in [0.1, 0.15) is 36.1 Å². The Hall–Kier alpha value is -3.19. The lowest BCUT2D eigenvalue weighted by Gasteiger charge is -2.20. The van der Waals surface area contributed by atoms with Crippen molar-refractivity contribution in [3.8, 4) is 5.69 Å². The maximum Gasteiger partial charge on any atom is 0.159 e. The number of nitrogens with zero attached hydrogens (tertiary/aromatic N) is 5. The minimum atomic E-state index is -0.360. The van der Waals surface area contributed by atoms with Crippen LogP contribution in [-0.4, -0.2) is 38.5 Å². The summed E-state index contributed by atoms with van der Waals surface area (Å²) in [6.45, 7) is 8.50. The molecule has 0 atom stereocenters. The van der Waals surface area contributed by atoms with E-state index in [0.717, 1.165) is 36.6 Å². The van der Waals surface area contributed by atoms with Gasteiger partial charge in [-0.15, -0.1) is 16.8 Å². The molecule has 2 aromatic carbocycles. The highest BCUT2D eigenvalue weighted by Crippen LogP contribution is 2.27. The van der Waals surface area contributed by atoms with Crippen LogP contribution in [0.3, 0.4) is 0 Å². The highest BCUT2D eigenvalue weighted by atomic mass is 19.1. The normalized spacial score (nSPS) is 12.9. The second-order valence-corrected chi connectivity index (χ2v) is 7.22. The van der Waals surface area contributed by atoms with Crippen LogP contribution in [-0.2, 0) is 13.1 Å². The van der Waals surface area contributed by atoms with E-state index >= 15 is 0 Å². The van der Waals surface area contributed by atoms with Gasteiger partial charge in [-0.2, -0.15) is 0 Å². The molecular formula is C23H23F2N5. The molecule has 1 aliphatic heterocycles. The van der Waals surface area contributed by atoms with E-state index in [-0.39, 0.29) is 11.6 Å². The first kappa shape index (κ1) is 20.1. The van der Waals surface area contributed by atoms with E-state index in [1.807, 2.05) is 10.6 Å². The minimum Gasteiger partial charge on any atom is -0.292 e. The van der Waals surface area contributed by atoms with E-state index in [4.69, 9.17) is 0 Å². The van der Waals surface area contributed by atoms with Gasteiger partial charge in [0, 0.05) is 17.7 Å². The molecule has 3 aromatic rings. The first-order chi connectivity index (χ1) is 14.6. The van der Waals surface area contributed by atoms with Crippen LogP contribution in [0.25, 0.3) is 5.69 Å². The molecule has 1 aromatic heterocycles. The highest BCUT2D eigenvalue weighted by molar-refractivity contribution is 6.15. The van der Waals surface area contributed by atoms with Gasteiger partial charge in [0.1, 0.15) is 18.2 Å². The summed E-state index contributed by atoms with van der Waals surface area (Å²) in [6.07, 6.45) is 2.88. The summed E-state index contributed by atoms with van der Waals surface area (Å²) in [5.74, 6) is 0.764. The van der Waals surface area contributed by atoms with E-state index in [2.05, 4.69) is 33.6 Å². The van der Waals surface area contributed by atoms with Crippen molar-refractivity contribution in [2.75, 3.05) is 13.1 Å². The molecule has 0 saturated carbocycles. The van der Waals surface area contributed by atoms with Crippen LogP contribution in [0.4, 0.5) is 8.78 Å². The van der Waals surface area contributed by atoms with Crippen molar-refractivity contribution in [3.63, 3.8) is 0 Å². The molecule has 1 aliphatic rings. The summed E-state index contributed by atoms with van der Waals surface area (Å²) < 4.78 is 29.6. The maximum absolute atomic E-state index is 14.2. The molecule has 2 heterocycles. The molecule has 0 fully saturated rings. The SMILES string of the molecule is C=CCN(CCC)Cc1nnc2n1-c1ccc(F)cc1C(c1ccc(F)cc1)=NC2. The van der Waals surface area contributed by atoms with Gasteiger partial charge in [0.25, 0.3) is 0 Å². The van der Waals surface area contributed by atoms with Crippen LogP contribution in [0, 0.1) is 11.6 Å². The van der Waals surface area contributed by atoms with Gasteiger partial charge in [0.15, 0.2) is 11.6 Å². The fourth-order valence-corrected chi connectivity index (χ4v) is 3.75. The first-order valence-electron chi connectivity index (χ1n) is 9.97. The third kappa shape index (κ3) is 3.93. The Labute approximate surface area is 174 Å². The number of benzene rings is 2. The molecular weight excluding hydrogens is 384 g/mol. The second kappa shape index (κ2) is 8.67. The van der Waals surface area contributed by atoms with E-state index in [9.17, 15) is 8.78 Å². The van der Waals surface area contributed by atoms with Crippen molar-refractivity contribution >= 4 is 5.71 Å². The Balaban J connectivity index is 1.81. The molecule has 0 N–H and O–H groups in total. The number of hydrogen-bond acceptors (Lipinski definition) is 4. The maximum atomic E-state index is 14.2. The molecule has 0 spiro atoms. The van der Waals surface area contributed by atoms with Gasteiger partial charge in [-0.25, -0.2) is 8.78 Å². The van der Waals surface area contributed by atoms with Gasteiger partial charge < -0.3 is 0 Å². The van der Waals surface area contributed by atoms with E-state index in [1.54, 1.807) is 18.2 Å². The number of rotatable bonds is 7. The van der Waals surface area contributed by atoms with Gasteiger partial charge in [-0.05, 0) is 55.4 Å². The van der Waals surface area contributed by atoms with Gasteiger partial charge in [0.05, 0.1) is 17.9 Å². The van der Waals surface area contributed by atoms with Gasteiger partial charge in [-0.1, -0.05) is 13.0 Å². The fourth-order valence-electron chi connectivity index (χ4n) is 3.75. The lowest BCUT2D eigenvalue weighted by molar-refractivity contribution is 0.286. The second-order valence-electron chi connectivity index (χ2n) is 7.22. The predicted octanol–water partition coefficient (Wildman–Crippen LogP) is 4.29. The lowest BCUT2D eigenvalue weighted by Crippen LogP contribution is -2.26. The number of aliphatic imine (C=N–C) groups is 1. The van der Waals surface area contributed by atoms with Crippen molar-refractivity contribution in [3.05, 3.63) is 89.5 Å². The monoisotopic (exact) mass is 407 g/mol. The summed E-state index contributed by atoms with van der Waals surface area (Å²) in [6, 6.07) is 10.7. The zero-order valence-corrected chi connectivity index (χ0v) is 16.9. The van der Waals surface area contributed by atoms with Gasteiger partial charge in [-0.3, -0.25) is 14.5 Å². The number of hydrogen-bond donors (Lipinski definition) is 0. The molecule has 30 heavy (non-hydrogen) atoms. The summed E-state index contributed by atoms with van der Waals surface area (Å²) in [7, 11) is 0. The van der Waals surface area contributed by atoms with Crippen LogP contribution < -0.4 is 0 Å². The van der Waals surface area contributed by atoms with E-state index in [0.29, 0.717) is 30.2 Å². The summed E-state index contributed by atoms with van der Waals surface area (Å²) >= 11 is 0. The van der Waals surface area contributed by atoms with E-state index in [1.165, 1.54) is 24.3 Å². The van der Waals surface area contributed by atoms with Crippen LogP contribution >= 0.6 is 0 Å². The van der Waals surface area contributed by atoms with Crippen molar-refractivity contribution in [2.45, 2.75) is 26.4 Å². The number of fused-ring (bicyclic) bond motifs is 3. The van der Waals surface area contributed by atoms with E-state index < -0.39 is 0 Å². The molecule has 0 unspecified atom stereocenters. The average molecular weight is 407 g/mol. The molecule has 0 saturated heterocycles. The van der Waals surface area contributed by atoms with Crippen molar-refractivity contribution in [1.82, 2.24) is 19.7 Å². The smallest absolute Gasteiger partial charge is 0.159 e. The van der Waals surface area contributed by atoms with Crippen LogP contribution in [0.15, 0.2) is 60.1 Å². The predicted molar refractivity (Wildman–Crippen MR) is 113 cm³/mol. The lowest BCUT2D eigenvalue weighted by atomic mass is 10.00. The molecule has 5 nitrogen and oxygen atoms in total. The van der Waals surface area contributed by atoms with Crippen molar-refractivity contribution in [1.29, 1.82) is 0 Å². The topological polar surface area (TPSA) is 46.3 Å². The summed E-state index contributed by atoms with van der Waals surface area (Å²) in [4.78, 5) is 6.92. The standard InChI is InChI=1S/C23H23F2N5/c1-3-11-29(12-4-2)15-22-28-27-21-14-26-23(16-5-7-17(24)8-6-16)19-13-18(25)9-10-20(19)30(21)22/h3,5-10,13H,1,4,11-12,14-15H2,2H3. The molecule has 0 bridgehead atoms. The first-order valence-corrected chi connectivity index (χ1v) is 9.97. The largest absolute Gasteiger partial charge is 0.292 e. The number of aromatic nitrogens is 3. The number of halogens is 2. The molecule has 0 aliphatic carbocycles. The van der Waals surface area contributed by atoms with Gasteiger partial charge >= 0.3 is 0 Å². The van der Waals surface area contributed by atoms with Crippen LogP contribution in [0.5, 0.6) is 0 Å². The average Bonchev–Trinajstić information content (AvgIpc) is 3.04. The highest BCUT2D eigenvalue weighted by Gasteiger charge is 2.24. The minimum absolute atomic E-state index is 0.297. The summed E-state index contributed by atoms with van der Waals surface area (Å²) in [5.41, 5.74) is 2.73. The molecule has 4 rings (SSSR count). The molecule has 154 valence electrons. The zero-order valence-electron chi connectivity index (χ0n) is 16.9. The van der Waals surface area contributed by atoms with Crippen LogP contribution in [0.2, 0.25) is 0 Å². The third-order valence-electron chi connectivity index (χ3n) is 5.04. The Kier molecular flexibility index (Phi) is 5.81. The quantitative estimate of drug-likeness (QED) is 0.549. The Morgan fingerprint density at radius 1 is 1.10 bits per heavy atom. The Morgan fingerprint density at radius 2 is 1.87 bits per heavy atom. The molecule has 7 heteroatoms. The Morgan fingerprint density at radius 3 is 2.60 bits per heavy atom. The fraction of sp³-hybridized carbons (Fsp3) is 0.261. The third-order valence-corrected chi connectivity index (χ3v) is 5.04. The molecule has 0 amide bonds. The molecule has 0 radical (unpaired) electrons. The van der Waals surface area contributed by atoms with Gasteiger partial charge in [0.2, 0.25) is 0 Å².